The Balaban J connectivity index is 2.44. The summed E-state index contributed by atoms with van der Waals surface area (Å²) in [6, 6.07) is 7.75. The maximum atomic E-state index is 13.3. The van der Waals surface area contributed by atoms with Crippen molar-refractivity contribution in [3.8, 4) is 5.75 Å². The minimum absolute atomic E-state index is 0.210. The highest BCUT2D eigenvalue weighted by Gasteiger charge is 2.22. The van der Waals surface area contributed by atoms with Crippen molar-refractivity contribution in [3.63, 3.8) is 0 Å². The van der Waals surface area contributed by atoms with Crippen LogP contribution in [0.25, 0.3) is 0 Å². The molecule has 0 fully saturated rings. The SMILES string of the molecule is O=S(=O)(Oc1ccccc1F)c1cc(F)ccc1Cl. The van der Waals surface area contributed by atoms with E-state index in [9.17, 15) is 17.2 Å². The maximum Gasteiger partial charge on any atom is 0.340 e. The Morgan fingerprint density at radius 2 is 1.74 bits per heavy atom. The van der Waals surface area contributed by atoms with Gasteiger partial charge >= 0.3 is 10.1 Å². The number of hydrogen-bond donors (Lipinski definition) is 0. The molecule has 3 nitrogen and oxygen atoms in total. The zero-order chi connectivity index (χ0) is 14.0. The van der Waals surface area contributed by atoms with Crippen molar-refractivity contribution in [2.75, 3.05) is 0 Å². The van der Waals surface area contributed by atoms with Crippen LogP contribution in [0.3, 0.4) is 0 Å². The number of rotatable bonds is 3. The zero-order valence-electron chi connectivity index (χ0n) is 9.31. The summed E-state index contributed by atoms with van der Waals surface area (Å²) < 4.78 is 54.7. The topological polar surface area (TPSA) is 43.4 Å². The highest BCUT2D eigenvalue weighted by atomic mass is 35.5. The van der Waals surface area contributed by atoms with Crippen LogP contribution in [0.1, 0.15) is 0 Å². The van der Waals surface area contributed by atoms with Crippen LogP contribution >= 0.6 is 11.6 Å². The molecule has 2 aromatic carbocycles. The van der Waals surface area contributed by atoms with Crippen LogP contribution in [-0.4, -0.2) is 8.42 Å². The van der Waals surface area contributed by atoms with Gasteiger partial charge < -0.3 is 4.18 Å². The molecule has 0 aromatic heterocycles. The summed E-state index contributed by atoms with van der Waals surface area (Å²) in [7, 11) is -4.40. The van der Waals surface area contributed by atoms with E-state index in [1.165, 1.54) is 12.1 Å². The zero-order valence-corrected chi connectivity index (χ0v) is 10.9. The molecule has 0 atom stereocenters. The lowest BCUT2D eigenvalue weighted by atomic mass is 10.3. The summed E-state index contributed by atoms with van der Waals surface area (Å²) >= 11 is 5.67. The molecule has 0 aliphatic carbocycles. The van der Waals surface area contributed by atoms with Gasteiger partial charge in [-0.2, -0.15) is 8.42 Å². The van der Waals surface area contributed by atoms with Gasteiger partial charge in [-0.25, -0.2) is 8.78 Å². The lowest BCUT2D eigenvalue weighted by Gasteiger charge is -2.08. The number of halogens is 3. The molecular weight excluding hydrogens is 298 g/mol. The molecule has 2 rings (SSSR count). The predicted octanol–water partition coefficient (Wildman–Crippen LogP) is 3.39. The van der Waals surface area contributed by atoms with Crippen molar-refractivity contribution in [1.29, 1.82) is 0 Å². The minimum Gasteiger partial charge on any atom is -0.376 e. The third-order valence-electron chi connectivity index (χ3n) is 2.20. The Kier molecular flexibility index (Phi) is 3.73. The number of benzene rings is 2. The van der Waals surface area contributed by atoms with Crippen molar-refractivity contribution in [2.45, 2.75) is 4.90 Å². The fourth-order valence-electron chi connectivity index (χ4n) is 1.34. The van der Waals surface area contributed by atoms with E-state index < -0.39 is 32.4 Å². The first-order valence-corrected chi connectivity index (χ1v) is 6.83. The molecule has 100 valence electrons. The Morgan fingerprint density at radius 3 is 2.42 bits per heavy atom. The molecule has 0 spiro atoms. The summed E-state index contributed by atoms with van der Waals surface area (Å²) in [6.07, 6.45) is 0. The van der Waals surface area contributed by atoms with Gasteiger partial charge in [0, 0.05) is 0 Å². The van der Waals surface area contributed by atoms with Crippen molar-refractivity contribution in [3.05, 3.63) is 59.1 Å². The summed E-state index contributed by atoms with van der Waals surface area (Å²) in [5, 5.41) is -0.210. The molecular formula is C12H7ClF2O3S. The standard InChI is InChI=1S/C12H7ClF2O3S/c13-9-6-5-8(14)7-12(9)19(16,17)18-11-4-2-1-3-10(11)15/h1-7H. The van der Waals surface area contributed by atoms with Crippen LogP contribution < -0.4 is 4.18 Å². The second-order valence-electron chi connectivity index (χ2n) is 3.54. The first-order valence-electron chi connectivity index (χ1n) is 5.04. The van der Waals surface area contributed by atoms with E-state index in [1.807, 2.05) is 0 Å². The monoisotopic (exact) mass is 304 g/mol. The van der Waals surface area contributed by atoms with Gasteiger partial charge in [-0.3, -0.25) is 0 Å². The quantitative estimate of drug-likeness (QED) is 0.816. The van der Waals surface area contributed by atoms with Crippen molar-refractivity contribution >= 4 is 21.7 Å². The maximum absolute atomic E-state index is 13.3. The summed E-state index contributed by atoms with van der Waals surface area (Å²) in [4.78, 5) is -0.558. The van der Waals surface area contributed by atoms with E-state index in [-0.39, 0.29) is 5.02 Å². The smallest absolute Gasteiger partial charge is 0.340 e. The molecule has 7 heteroatoms. The van der Waals surface area contributed by atoms with Crippen LogP contribution in [-0.2, 0) is 10.1 Å². The molecule has 0 unspecified atom stereocenters. The second kappa shape index (κ2) is 5.14. The highest BCUT2D eigenvalue weighted by molar-refractivity contribution is 7.87. The fraction of sp³-hybridized carbons (Fsp3) is 0. The molecule has 0 bridgehead atoms. The molecule has 0 saturated heterocycles. The molecule has 0 N–H and O–H groups in total. The van der Waals surface area contributed by atoms with Gasteiger partial charge in [-0.15, -0.1) is 0 Å². The van der Waals surface area contributed by atoms with E-state index in [1.54, 1.807) is 0 Å². The molecule has 0 aliphatic heterocycles. The third-order valence-corrected chi connectivity index (χ3v) is 3.92. The molecule has 0 amide bonds. The largest absolute Gasteiger partial charge is 0.376 e. The summed E-state index contributed by atoms with van der Waals surface area (Å²) in [5.41, 5.74) is 0. The van der Waals surface area contributed by atoms with Crippen LogP contribution in [0.2, 0.25) is 5.02 Å². The van der Waals surface area contributed by atoms with Gasteiger partial charge in [0.1, 0.15) is 10.7 Å². The minimum atomic E-state index is -4.40. The first-order chi connectivity index (χ1) is 8.90. The average molecular weight is 305 g/mol. The lowest BCUT2D eigenvalue weighted by Crippen LogP contribution is -2.11. The normalized spacial score (nSPS) is 11.3. The predicted molar refractivity (Wildman–Crippen MR) is 65.6 cm³/mol. The Hall–Kier alpha value is -1.66. The third kappa shape index (κ3) is 3.02. The van der Waals surface area contributed by atoms with E-state index in [0.29, 0.717) is 6.07 Å². The molecule has 0 saturated carbocycles. The van der Waals surface area contributed by atoms with Gasteiger partial charge in [-0.1, -0.05) is 23.7 Å². The van der Waals surface area contributed by atoms with Gasteiger partial charge in [0.05, 0.1) is 5.02 Å². The highest BCUT2D eigenvalue weighted by Crippen LogP contribution is 2.26. The van der Waals surface area contributed by atoms with E-state index >= 15 is 0 Å². The van der Waals surface area contributed by atoms with Crippen LogP contribution in [0.5, 0.6) is 5.75 Å². The van der Waals surface area contributed by atoms with Gasteiger partial charge in [0.15, 0.2) is 11.6 Å². The lowest BCUT2D eigenvalue weighted by molar-refractivity contribution is 0.461. The van der Waals surface area contributed by atoms with Gasteiger partial charge in [0.25, 0.3) is 0 Å². The molecule has 0 aliphatic rings. The second-order valence-corrected chi connectivity index (χ2v) is 5.46. The van der Waals surface area contributed by atoms with E-state index in [4.69, 9.17) is 11.6 Å². The van der Waals surface area contributed by atoms with E-state index in [0.717, 1.165) is 24.3 Å². The molecule has 0 heterocycles. The van der Waals surface area contributed by atoms with Gasteiger partial charge in [0.2, 0.25) is 0 Å². The van der Waals surface area contributed by atoms with Crippen LogP contribution in [0.15, 0.2) is 47.4 Å². The van der Waals surface area contributed by atoms with Crippen molar-refractivity contribution in [1.82, 2.24) is 0 Å². The number of para-hydroxylation sites is 1. The Bertz CT molecular complexity index is 717. The van der Waals surface area contributed by atoms with E-state index in [2.05, 4.69) is 4.18 Å². The molecule has 2 aromatic rings. The first kappa shape index (κ1) is 13.8. The fourth-order valence-corrected chi connectivity index (χ4v) is 2.77. The van der Waals surface area contributed by atoms with Gasteiger partial charge in [-0.05, 0) is 30.3 Å². The van der Waals surface area contributed by atoms with Crippen LogP contribution in [0, 0.1) is 11.6 Å². The summed E-state index contributed by atoms with van der Waals surface area (Å²) in [6.45, 7) is 0. The molecule has 0 radical (unpaired) electrons. The average Bonchev–Trinajstić information content (AvgIpc) is 2.35. The van der Waals surface area contributed by atoms with Crippen LogP contribution in [0.4, 0.5) is 8.78 Å². The number of hydrogen-bond acceptors (Lipinski definition) is 3. The van der Waals surface area contributed by atoms with Crippen molar-refractivity contribution < 1.29 is 21.4 Å². The molecule has 19 heavy (non-hydrogen) atoms. The summed E-state index contributed by atoms with van der Waals surface area (Å²) in [5.74, 6) is -2.12. The Morgan fingerprint density at radius 1 is 1.05 bits per heavy atom. The Labute approximate surface area is 113 Å². The van der Waals surface area contributed by atoms with Crippen molar-refractivity contribution in [2.24, 2.45) is 0 Å².